The lowest BCUT2D eigenvalue weighted by Gasteiger charge is -2.35. The van der Waals surface area contributed by atoms with Crippen LogP contribution in [-0.2, 0) is 6.42 Å². The van der Waals surface area contributed by atoms with Crippen LogP contribution in [0.4, 0.5) is 11.6 Å². The molecule has 0 amide bonds. The van der Waals surface area contributed by atoms with Crippen molar-refractivity contribution >= 4 is 11.6 Å². The van der Waals surface area contributed by atoms with Gasteiger partial charge in [-0.2, -0.15) is 0 Å². The van der Waals surface area contributed by atoms with Gasteiger partial charge in [0.15, 0.2) is 0 Å². The second-order valence-corrected chi connectivity index (χ2v) is 5.72. The number of aromatic nitrogens is 2. The highest BCUT2D eigenvalue weighted by Gasteiger charge is 2.32. The lowest BCUT2D eigenvalue weighted by atomic mass is 9.79. The first-order valence-corrected chi connectivity index (χ1v) is 7.09. The van der Waals surface area contributed by atoms with Crippen molar-refractivity contribution in [3.8, 4) is 0 Å². The van der Waals surface area contributed by atoms with Crippen molar-refractivity contribution in [1.29, 1.82) is 0 Å². The third-order valence-corrected chi connectivity index (χ3v) is 3.98. The van der Waals surface area contributed by atoms with E-state index >= 15 is 0 Å². The summed E-state index contributed by atoms with van der Waals surface area (Å²) in [6.45, 7) is 4.75. The predicted octanol–water partition coefficient (Wildman–Crippen LogP) is 1.97. The summed E-state index contributed by atoms with van der Waals surface area (Å²) in [6, 6.07) is 0. The molecule has 2 atom stereocenters. The summed E-state index contributed by atoms with van der Waals surface area (Å²) >= 11 is 0. The fraction of sp³-hybridized carbons (Fsp3) is 0.714. The van der Waals surface area contributed by atoms with Crippen LogP contribution in [-0.4, -0.2) is 27.2 Å². The van der Waals surface area contributed by atoms with E-state index in [-0.39, 0.29) is 0 Å². The van der Waals surface area contributed by atoms with E-state index in [4.69, 9.17) is 5.73 Å². The van der Waals surface area contributed by atoms with Crippen molar-refractivity contribution in [2.24, 2.45) is 5.92 Å². The molecule has 1 aromatic heterocycles. The van der Waals surface area contributed by atoms with Gasteiger partial charge < -0.3 is 16.2 Å². The molecule has 0 saturated heterocycles. The average Bonchev–Trinajstić information content (AvgIpc) is 2.36. The Hall–Kier alpha value is -1.36. The molecule has 0 spiro atoms. The molecule has 1 fully saturated rings. The molecule has 2 rings (SSSR count). The zero-order valence-electron chi connectivity index (χ0n) is 11.8. The molecule has 0 aliphatic heterocycles. The van der Waals surface area contributed by atoms with Gasteiger partial charge in [-0.25, -0.2) is 9.97 Å². The quantitative estimate of drug-likeness (QED) is 0.774. The number of anilines is 2. The van der Waals surface area contributed by atoms with Gasteiger partial charge in [-0.3, -0.25) is 0 Å². The Morgan fingerprint density at radius 3 is 3.00 bits per heavy atom. The van der Waals surface area contributed by atoms with Crippen molar-refractivity contribution in [1.82, 2.24) is 9.97 Å². The number of aliphatic hydroxyl groups is 1. The normalized spacial score (nSPS) is 27.2. The number of hydrogen-bond acceptors (Lipinski definition) is 5. The molecule has 1 saturated carbocycles. The number of rotatable bonds is 4. The van der Waals surface area contributed by atoms with Gasteiger partial charge in [0.1, 0.15) is 18.0 Å². The van der Waals surface area contributed by atoms with E-state index in [0.717, 1.165) is 37.1 Å². The van der Waals surface area contributed by atoms with Crippen molar-refractivity contribution in [2.45, 2.75) is 51.6 Å². The number of nitrogens with one attached hydrogen (secondary N) is 1. The Balaban J connectivity index is 2.04. The molecule has 5 nitrogen and oxygen atoms in total. The summed E-state index contributed by atoms with van der Waals surface area (Å²) in [6.07, 6.45) is 6.25. The Morgan fingerprint density at radius 2 is 2.32 bits per heavy atom. The standard InChI is InChI=1S/C14H24N4O/c1-3-11-12(15)17-9-18-13(11)16-8-14(19)6-4-5-10(2)7-14/h9-10,19H,3-8H2,1-2H3,(H3,15,16,17,18). The molecule has 1 aromatic rings. The van der Waals surface area contributed by atoms with E-state index in [1.165, 1.54) is 12.7 Å². The molecule has 1 aliphatic carbocycles. The molecule has 4 N–H and O–H groups in total. The maximum atomic E-state index is 10.6. The first-order chi connectivity index (χ1) is 9.04. The minimum absolute atomic E-state index is 0.518. The van der Waals surface area contributed by atoms with Crippen LogP contribution < -0.4 is 11.1 Å². The SMILES string of the molecule is CCc1c(N)ncnc1NCC1(O)CCCC(C)C1. The first-order valence-electron chi connectivity index (χ1n) is 7.09. The Bertz CT molecular complexity index is 437. The molecule has 2 unspecified atom stereocenters. The van der Waals surface area contributed by atoms with Crippen LogP contribution in [0, 0.1) is 5.92 Å². The molecule has 0 bridgehead atoms. The van der Waals surface area contributed by atoms with Gasteiger partial charge in [-0.1, -0.05) is 26.7 Å². The molecule has 0 radical (unpaired) electrons. The topological polar surface area (TPSA) is 84.1 Å². The van der Waals surface area contributed by atoms with E-state index in [0.29, 0.717) is 18.3 Å². The van der Waals surface area contributed by atoms with Gasteiger partial charge in [0, 0.05) is 12.1 Å². The fourth-order valence-corrected chi connectivity index (χ4v) is 2.97. The second kappa shape index (κ2) is 5.74. The minimum atomic E-state index is -0.623. The number of nitrogens with zero attached hydrogens (tertiary/aromatic N) is 2. The van der Waals surface area contributed by atoms with Crippen molar-refractivity contribution in [3.63, 3.8) is 0 Å². The van der Waals surface area contributed by atoms with Crippen LogP contribution in [0.3, 0.4) is 0 Å². The van der Waals surface area contributed by atoms with Gasteiger partial charge >= 0.3 is 0 Å². The number of nitrogens with two attached hydrogens (primary N) is 1. The highest BCUT2D eigenvalue weighted by Crippen LogP contribution is 2.32. The van der Waals surface area contributed by atoms with E-state index in [2.05, 4.69) is 22.2 Å². The summed E-state index contributed by atoms with van der Waals surface area (Å²) < 4.78 is 0. The molecule has 5 heteroatoms. The third kappa shape index (κ3) is 3.35. The van der Waals surface area contributed by atoms with Crippen molar-refractivity contribution < 1.29 is 5.11 Å². The summed E-state index contributed by atoms with van der Waals surface area (Å²) in [5.41, 5.74) is 6.15. The predicted molar refractivity (Wildman–Crippen MR) is 76.9 cm³/mol. The van der Waals surface area contributed by atoms with E-state index in [1.807, 2.05) is 6.92 Å². The molecule has 19 heavy (non-hydrogen) atoms. The van der Waals surface area contributed by atoms with Gasteiger partial charge in [-0.05, 0) is 25.2 Å². The number of hydrogen-bond donors (Lipinski definition) is 3. The maximum Gasteiger partial charge on any atom is 0.134 e. The number of nitrogen functional groups attached to an aromatic ring is 1. The molecule has 106 valence electrons. The highest BCUT2D eigenvalue weighted by molar-refractivity contribution is 5.55. The zero-order chi connectivity index (χ0) is 13.9. The van der Waals surface area contributed by atoms with Crippen LogP contribution in [0.1, 0.15) is 45.1 Å². The molecular weight excluding hydrogens is 240 g/mol. The molecule has 0 aromatic carbocycles. The monoisotopic (exact) mass is 264 g/mol. The van der Waals surface area contributed by atoms with Crippen molar-refractivity contribution in [2.75, 3.05) is 17.6 Å². The average molecular weight is 264 g/mol. The lowest BCUT2D eigenvalue weighted by Crippen LogP contribution is -2.41. The summed E-state index contributed by atoms with van der Waals surface area (Å²) in [4.78, 5) is 8.23. The minimum Gasteiger partial charge on any atom is -0.388 e. The Morgan fingerprint density at radius 1 is 1.53 bits per heavy atom. The van der Waals surface area contributed by atoms with Gasteiger partial charge in [0.25, 0.3) is 0 Å². The second-order valence-electron chi connectivity index (χ2n) is 5.72. The van der Waals surface area contributed by atoms with Crippen LogP contribution >= 0.6 is 0 Å². The van der Waals surface area contributed by atoms with Crippen LogP contribution in [0.5, 0.6) is 0 Å². The highest BCUT2D eigenvalue weighted by atomic mass is 16.3. The molecular formula is C14H24N4O. The van der Waals surface area contributed by atoms with Gasteiger partial charge in [0.2, 0.25) is 0 Å². The molecule has 1 heterocycles. The van der Waals surface area contributed by atoms with Crippen LogP contribution in [0.2, 0.25) is 0 Å². The van der Waals surface area contributed by atoms with Crippen LogP contribution in [0.15, 0.2) is 6.33 Å². The van der Waals surface area contributed by atoms with Gasteiger partial charge in [0.05, 0.1) is 5.60 Å². The summed E-state index contributed by atoms with van der Waals surface area (Å²) in [5.74, 6) is 1.85. The van der Waals surface area contributed by atoms with Crippen molar-refractivity contribution in [3.05, 3.63) is 11.9 Å². The van der Waals surface area contributed by atoms with E-state index < -0.39 is 5.60 Å². The Kier molecular flexibility index (Phi) is 4.24. The molecule has 1 aliphatic rings. The third-order valence-electron chi connectivity index (χ3n) is 3.98. The van der Waals surface area contributed by atoms with Gasteiger partial charge in [-0.15, -0.1) is 0 Å². The lowest BCUT2D eigenvalue weighted by molar-refractivity contribution is -0.000838. The van der Waals surface area contributed by atoms with E-state index in [1.54, 1.807) is 0 Å². The van der Waals surface area contributed by atoms with E-state index in [9.17, 15) is 5.11 Å². The summed E-state index contributed by atoms with van der Waals surface area (Å²) in [7, 11) is 0. The fourth-order valence-electron chi connectivity index (χ4n) is 2.97. The maximum absolute atomic E-state index is 10.6. The zero-order valence-corrected chi connectivity index (χ0v) is 11.8. The largest absolute Gasteiger partial charge is 0.388 e. The Labute approximate surface area is 114 Å². The summed E-state index contributed by atoms with van der Waals surface area (Å²) in [5, 5.41) is 13.9. The first kappa shape index (κ1) is 14.1. The van der Waals surface area contributed by atoms with Crippen LogP contribution in [0.25, 0.3) is 0 Å². The smallest absolute Gasteiger partial charge is 0.134 e.